The molecular formula is C25H44N4O5. The normalized spacial score (nSPS) is 20.1. The van der Waals surface area contributed by atoms with Gasteiger partial charge in [-0.3, -0.25) is 24.5 Å². The number of Topliss-reactive ketones (excluding diaryl/α,β-unsaturated/α-hetero) is 2. The SMILES string of the molecule is CN(C)C(=O)[C@H](CC(=O)OC(C)(C)C)NCC(=O)[C@@H](NCC(=O)C1(N)CCCC1)C1CCCC1. The molecule has 2 rings (SSSR count). The summed E-state index contributed by atoms with van der Waals surface area (Å²) in [6.07, 6.45) is 7.07. The van der Waals surface area contributed by atoms with E-state index in [0.717, 1.165) is 38.5 Å². The lowest BCUT2D eigenvalue weighted by atomic mass is 9.91. The van der Waals surface area contributed by atoms with Crippen molar-refractivity contribution in [2.75, 3.05) is 27.2 Å². The predicted octanol–water partition coefficient (Wildman–Crippen LogP) is 1.32. The van der Waals surface area contributed by atoms with Crippen LogP contribution < -0.4 is 16.4 Å². The van der Waals surface area contributed by atoms with Crippen molar-refractivity contribution in [2.45, 2.75) is 102 Å². The molecule has 1 amide bonds. The minimum absolute atomic E-state index is 0.0423. The van der Waals surface area contributed by atoms with Crippen LogP contribution in [0.1, 0.15) is 78.6 Å². The van der Waals surface area contributed by atoms with Gasteiger partial charge < -0.3 is 20.7 Å². The van der Waals surface area contributed by atoms with Crippen molar-refractivity contribution in [3.05, 3.63) is 0 Å². The molecule has 9 nitrogen and oxygen atoms in total. The van der Waals surface area contributed by atoms with E-state index in [1.54, 1.807) is 34.9 Å². The highest BCUT2D eigenvalue weighted by Gasteiger charge is 2.38. The quantitative estimate of drug-likeness (QED) is 0.357. The number of nitrogens with zero attached hydrogens (tertiary/aromatic N) is 1. The summed E-state index contributed by atoms with van der Waals surface area (Å²) in [5.74, 6) is -0.815. The zero-order valence-electron chi connectivity index (χ0n) is 21.6. The van der Waals surface area contributed by atoms with E-state index in [-0.39, 0.29) is 42.9 Å². The fourth-order valence-electron chi connectivity index (χ4n) is 4.94. The number of carbonyl (C=O) groups is 4. The number of ketones is 2. The molecule has 0 aliphatic heterocycles. The molecular weight excluding hydrogens is 436 g/mol. The molecule has 2 aliphatic carbocycles. The first-order chi connectivity index (χ1) is 15.8. The van der Waals surface area contributed by atoms with Crippen molar-refractivity contribution >= 4 is 23.4 Å². The van der Waals surface area contributed by atoms with E-state index in [4.69, 9.17) is 10.5 Å². The Kier molecular flexibility index (Phi) is 10.2. The monoisotopic (exact) mass is 480 g/mol. The highest BCUT2D eigenvalue weighted by molar-refractivity contribution is 5.92. The van der Waals surface area contributed by atoms with Crippen LogP contribution in [0, 0.1) is 5.92 Å². The van der Waals surface area contributed by atoms with Crippen molar-refractivity contribution in [3.63, 3.8) is 0 Å². The summed E-state index contributed by atoms with van der Waals surface area (Å²) in [7, 11) is 3.21. The molecule has 0 unspecified atom stereocenters. The van der Waals surface area contributed by atoms with Gasteiger partial charge in [0.25, 0.3) is 0 Å². The summed E-state index contributed by atoms with van der Waals surface area (Å²) >= 11 is 0. The number of carbonyl (C=O) groups excluding carboxylic acids is 4. The second-order valence-corrected chi connectivity index (χ2v) is 11.1. The average Bonchev–Trinajstić information content (AvgIpc) is 3.42. The number of rotatable bonds is 12. The number of nitrogens with two attached hydrogens (primary N) is 1. The topological polar surface area (TPSA) is 131 Å². The van der Waals surface area contributed by atoms with Gasteiger partial charge in [0.05, 0.1) is 37.1 Å². The Morgan fingerprint density at radius 3 is 2.12 bits per heavy atom. The fourth-order valence-corrected chi connectivity index (χ4v) is 4.94. The maximum Gasteiger partial charge on any atom is 0.308 e. The minimum Gasteiger partial charge on any atom is -0.460 e. The molecule has 0 radical (unpaired) electrons. The first-order valence-electron chi connectivity index (χ1n) is 12.6. The van der Waals surface area contributed by atoms with E-state index >= 15 is 0 Å². The van der Waals surface area contributed by atoms with Crippen molar-refractivity contribution < 1.29 is 23.9 Å². The Hall–Kier alpha value is -1.84. The highest BCUT2D eigenvalue weighted by atomic mass is 16.6. The van der Waals surface area contributed by atoms with Gasteiger partial charge in [-0.05, 0) is 52.4 Å². The van der Waals surface area contributed by atoms with Crippen LogP contribution in [0.15, 0.2) is 0 Å². The first kappa shape index (κ1) is 28.4. The van der Waals surface area contributed by atoms with Crippen LogP contribution in [0.5, 0.6) is 0 Å². The smallest absolute Gasteiger partial charge is 0.308 e. The Labute approximate surface area is 203 Å². The Bertz CT molecular complexity index is 734. The molecule has 194 valence electrons. The van der Waals surface area contributed by atoms with E-state index < -0.39 is 29.2 Å². The van der Waals surface area contributed by atoms with Gasteiger partial charge in [-0.15, -0.1) is 0 Å². The Morgan fingerprint density at radius 2 is 1.59 bits per heavy atom. The van der Waals surface area contributed by atoms with E-state index in [1.807, 2.05) is 0 Å². The summed E-state index contributed by atoms with van der Waals surface area (Å²) in [5.41, 5.74) is 4.84. The van der Waals surface area contributed by atoms with Crippen molar-refractivity contribution in [1.29, 1.82) is 0 Å². The highest BCUT2D eigenvalue weighted by Crippen LogP contribution is 2.30. The third-order valence-corrected chi connectivity index (χ3v) is 6.80. The molecule has 0 saturated heterocycles. The molecule has 2 fully saturated rings. The van der Waals surface area contributed by atoms with Crippen LogP contribution >= 0.6 is 0 Å². The van der Waals surface area contributed by atoms with Crippen molar-refractivity contribution in [1.82, 2.24) is 15.5 Å². The van der Waals surface area contributed by atoms with Gasteiger partial charge in [0.2, 0.25) is 5.91 Å². The molecule has 0 heterocycles. The van der Waals surface area contributed by atoms with E-state index in [2.05, 4.69) is 10.6 Å². The summed E-state index contributed by atoms with van der Waals surface area (Å²) in [5, 5.41) is 6.19. The number of likely N-dealkylation sites (N-methyl/N-ethyl adjacent to an activating group) is 1. The number of nitrogens with one attached hydrogen (secondary N) is 2. The Morgan fingerprint density at radius 1 is 1.00 bits per heavy atom. The van der Waals surface area contributed by atoms with E-state index in [1.165, 1.54) is 4.90 Å². The summed E-state index contributed by atoms with van der Waals surface area (Å²) in [6.45, 7) is 5.28. The Balaban J connectivity index is 2.02. The van der Waals surface area contributed by atoms with Gasteiger partial charge in [-0.25, -0.2) is 0 Å². The van der Waals surface area contributed by atoms with Crippen LogP contribution in [0.4, 0.5) is 0 Å². The van der Waals surface area contributed by atoms with Crippen molar-refractivity contribution in [3.8, 4) is 0 Å². The van der Waals surface area contributed by atoms with Crippen LogP contribution in [0.3, 0.4) is 0 Å². The van der Waals surface area contributed by atoms with E-state index in [9.17, 15) is 19.2 Å². The fraction of sp³-hybridized carbons (Fsp3) is 0.840. The van der Waals surface area contributed by atoms with Crippen molar-refractivity contribution in [2.24, 2.45) is 11.7 Å². The van der Waals surface area contributed by atoms with Crippen LogP contribution in [0.25, 0.3) is 0 Å². The standard InChI is InChI=1S/C25H44N4O5/c1-24(2,3)34-21(32)14-18(23(33)29(4)5)27-15-19(30)22(17-10-6-7-11-17)28-16-20(31)25(26)12-8-9-13-25/h17-18,22,27-28H,6-16,26H2,1-5H3/t18-,22-/m0/s1. The zero-order valence-corrected chi connectivity index (χ0v) is 21.6. The van der Waals surface area contributed by atoms with E-state index in [0.29, 0.717) is 12.8 Å². The molecule has 2 aliphatic rings. The number of hydrogen-bond acceptors (Lipinski definition) is 8. The van der Waals surface area contributed by atoms with Crippen LogP contribution in [-0.4, -0.2) is 78.8 Å². The molecule has 2 saturated carbocycles. The van der Waals surface area contributed by atoms with Gasteiger partial charge >= 0.3 is 5.97 Å². The lowest BCUT2D eigenvalue weighted by Gasteiger charge is -2.28. The molecule has 4 N–H and O–H groups in total. The molecule has 0 aromatic carbocycles. The van der Waals surface area contributed by atoms with Gasteiger partial charge in [0.1, 0.15) is 5.60 Å². The summed E-state index contributed by atoms with van der Waals surface area (Å²) in [4.78, 5) is 52.4. The van der Waals surface area contributed by atoms with Gasteiger partial charge in [-0.1, -0.05) is 25.7 Å². The molecule has 9 heteroatoms. The summed E-state index contributed by atoms with van der Waals surface area (Å²) < 4.78 is 5.36. The molecule has 0 spiro atoms. The van der Waals surface area contributed by atoms with Crippen LogP contribution in [0.2, 0.25) is 0 Å². The summed E-state index contributed by atoms with van der Waals surface area (Å²) in [6, 6.07) is -1.36. The zero-order chi connectivity index (χ0) is 25.5. The largest absolute Gasteiger partial charge is 0.460 e. The van der Waals surface area contributed by atoms with Gasteiger partial charge in [0.15, 0.2) is 11.6 Å². The minimum atomic E-state index is -0.870. The molecule has 2 atom stereocenters. The second-order valence-electron chi connectivity index (χ2n) is 11.1. The molecule has 0 aromatic heterocycles. The van der Waals surface area contributed by atoms with Crippen LogP contribution in [-0.2, 0) is 23.9 Å². The number of amides is 1. The average molecular weight is 481 g/mol. The maximum absolute atomic E-state index is 13.2. The maximum atomic E-state index is 13.2. The number of esters is 1. The lowest BCUT2D eigenvalue weighted by molar-refractivity contribution is -0.157. The second kappa shape index (κ2) is 12.2. The number of ether oxygens (including phenoxy) is 1. The predicted molar refractivity (Wildman–Crippen MR) is 130 cm³/mol. The third-order valence-electron chi connectivity index (χ3n) is 6.80. The molecule has 0 bridgehead atoms. The van der Waals surface area contributed by atoms with Gasteiger partial charge in [-0.2, -0.15) is 0 Å². The first-order valence-corrected chi connectivity index (χ1v) is 12.6. The van der Waals surface area contributed by atoms with Gasteiger partial charge in [0, 0.05) is 14.1 Å². The third kappa shape index (κ3) is 8.43. The molecule has 34 heavy (non-hydrogen) atoms. The molecule has 0 aromatic rings. The lowest BCUT2D eigenvalue weighted by Crippen LogP contribution is -2.55. The number of hydrogen-bond donors (Lipinski definition) is 3.